The number of carbonyl (C=O) groups is 1. The molecule has 1 atom stereocenters. The lowest BCUT2D eigenvalue weighted by atomic mass is 10.1. The Balaban J connectivity index is 1.78. The maximum Gasteiger partial charge on any atom is 0.418 e. The molecule has 1 amide bonds. The van der Waals surface area contributed by atoms with Crippen LogP contribution in [0.5, 0.6) is 0 Å². The van der Waals surface area contributed by atoms with Crippen LogP contribution in [0.2, 0.25) is 5.02 Å². The van der Waals surface area contributed by atoms with E-state index in [1.54, 1.807) is 18.2 Å². The molecule has 1 aliphatic rings. The number of hydrogen-bond donors (Lipinski definition) is 1. The molecule has 1 saturated heterocycles. The molecule has 1 aromatic heterocycles. The summed E-state index contributed by atoms with van der Waals surface area (Å²) in [7, 11) is 0. The average molecular weight is 415 g/mol. The molecular weight excluding hydrogens is 401 g/mol. The van der Waals surface area contributed by atoms with Crippen molar-refractivity contribution in [2.45, 2.75) is 18.6 Å². The van der Waals surface area contributed by atoms with E-state index >= 15 is 0 Å². The van der Waals surface area contributed by atoms with E-state index in [1.165, 1.54) is 11.1 Å². The highest BCUT2D eigenvalue weighted by atomic mass is 35.5. The summed E-state index contributed by atoms with van der Waals surface area (Å²) in [5.74, 6) is -0.287. The second kappa shape index (κ2) is 7.63. The number of anilines is 1. The summed E-state index contributed by atoms with van der Waals surface area (Å²) in [6.07, 6.45) is -2.85. The Labute approximate surface area is 162 Å². The topological polar surface area (TPSA) is 88.4 Å². The predicted molar refractivity (Wildman–Crippen MR) is 95.3 cm³/mol. The molecule has 0 spiro atoms. The van der Waals surface area contributed by atoms with Crippen LogP contribution in [0, 0.1) is 10.1 Å². The smallest absolute Gasteiger partial charge is 0.375 e. The van der Waals surface area contributed by atoms with Gasteiger partial charge in [-0.2, -0.15) is 13.2 Å². The first-order valence-electron chi connectivity index (χ1n) is 8.19. The standard InChI is InChI=1S/C17H14ClF3N4O3/c18-12-8-14(15(25(27)28)7-11(12)17(19,20)21)23-10-4-6-24(9-10)16(26)13-3-1-2-5-22-13/h1-3,5,7-8,10,23H,4,6,9H2. The third-order valence-corrected chi connectivity index (χ3v) is 4.62. The van der Waals surface area contributed by atoms with Crippen LogP contribution in [-0.4, -0.2) is 39.8 Å². The zero-order valence-electron chi connectivity index (χ0n) is 14.2. The number of pyridine rings is 1. The first-order valence-corrected chi connectivity index (χ1v) is 8.56. The molecule has 0 bridgehead atoms. The molecule has 0 saturated carbocycles. The molecule has 3 rings (SSSR count). The van der Waals surface area contributed by atoms with E-state index in [4.69, 9.17) is 11.6 Å². The summed E-state index contributed by atoms with van der Waals surface area (Å²) < 4.78 is 38.9. The van der Waals surface area contributed by atoms with Crippen molar-refractivity contribution in [3.8, 4) is 0 Å². The Hall–Kier alpha value is -2.88. The highest BCUT2D eigenvalue weighted by Crippen LogP contribution is 2.40. The third kappa shape index (κ3) is 4.16. The Bertz CT molecular complexity index is 909. The third-order valence-electron chi connectivity index (χ3n) is 4.31. The molecule has 28 heavy (non-hydrogen) atoms. The quantitative estimate of drug-likeness (QED) is 0.603. The molecular formula is C17H14ClF3N4O3. The van der Waals surface area contributed by atoms with Crippen LogP contribution >= 0.6 is 11.6 Å². The maximum atomic E-state index is 13.0. The van der Waals surface area contributed by atoms with Crippen LogP contribution in [0.4, 0.5) is 24.5 Å². The molecule has 1 aliphatic heterocycles. The summed E-state index contributed by atoms with van der Waals surface area (Å²) in [6.45, 7) is 0.612. The van der Waals surface area contributed by atoms with Crippen LogP contribution in [0.3, 0.4) is 0 Å². The van der Waals surface area contributed by atoms with Gasteiger partial charge in [-0.25, -0.2) is 0 Å². The summed E-state index contributed by atoms with van der Waals surface area (Å²) in [5.41, 5.74) is -1.86. The molecule has 1 fully saturated rings. The molecule has 0 aliphatic carbocycles. The van der Waals surface area contributed by atoms with Crippen molar-refractivity contribution in [3.63, 3.8) is 0 Å². The van der Waals surface area contributed by atoms with Gasteiger partial charge in [0.25, 0.3) is 11.6 Å². The van der Waals surface area contributed by atoms with Crippen molar-refractivity contribution in [3.05, 3.63) is 62.9 Å². The van der Waals surface area contributed by atoms with Gasteiger partial charge < -0.3 is 10.2 Å². The molecule has 1 N–H and O–H groups in total. The number of nitro groups is 1. The second-order valence-corrected chi connectivity index (χ2v) is 6.61. The molecule has 148 valence electrons. The fraction of sp³-hybridized carbons (Fsp3) is 0.294. The highest BCUT2D eigenvalue weighted by molar-refractivity contribution is 6.31. The van der Waals surface area contributed by atoms with E-state index in [0.717, 1.165) is 6.07 Å². The fourth-order valence-corrected chi connectivity index (χ4v) is 3.25. The number of aromatic nitrogens is 1. The predicted octanol–water partition coefficient (Wildman–Crippen LogP) is 3.99. The van der Waals surface area contributed by atoms with E-state index < -0.39 is 27.4 Å². The van der Waals surface area contributed by atoms with Gasteiger partial charge in [0.2, 0.25) is 0 Å². The first kappa shape index (κ1) is 19.9. The van der Waals surface area contributed by atoms with Crippen LogP contribution in [-0.2, 0) is 6.18 Å². The van der Waals surface area contributed by atoms with Gasteiger partial charge in [-0.15, -0.1) is 0 Å². The molecule has 2 heterocycles. The molecule has 11 heteroatoms. The monoisotopic (exact) mass is 414 g/mol. The van der Waals surface area contributed by atoms with E-state index in [1.807, 2.05) is 0 Å². The lowest BCUT2D eigenvalue weighted by molar-refractivity contribution is -0.384. The fourth-order valence-electron chi connectivity index (χ4n) is 2.98. The number of nitrogens with one attached hydrogen (secondary N) is 1. The second-order valence-electron chi connectivity index (χ2n) is 6.20. The van der Waals surface area contributed by atoms with E-state index in [9.17, 15) is 28.1 Å². The normalized spacial score (nSPS) is 16.9. The molecule has 7 nitrogen and oxygen atoms in total. The number of hydrogen-bond acceptors (Lipinski definition) is 5. The zero-order valence-corrected chi connectivity index (χ0v) is 15.0. The number of alkyl halides is 3. The number of likely N-dealkylation sites (tertiary alicyclic amines) is 1. The number of amides is 1. The summed E-state index contributed by atoms with van der Waals surface area (Å²) in [6, 6.07) is 5.86. The van der Waals surface area contributed by atoms with Gasteiger partial charge in [-0.05, 0) is 24.6 Å². The van der Waals surface area contributed by atoms with Gasteiger partial charge in [0, 0.05) is 31.4 Å². The molecule has 0 radical (unpaired) electrons. The number of benzene rings is 1. The number of carbonyl (C=O) groups excluding carboxylic acids is 1. The maximum absolute atomic E-state index is 13.0. The summed E-state index contributed by atoms with van der Waals surface area (Å²) in [4.78, 5) is 28.2. The van der Waals surface area contributed by atoms with Crippen LogP contribution in [0.25, 0.3) is 0 Å². The zero-order chi connectivity index (χ0) is 20.5. The molecule has 1 aromatic carbocycles. The van der Waals surface area contributed by atoms with E-state index in [-0.39, 0.29) is 29.9 Å². The lowest BCUT2D eigenvalue weighted by Crippen LogP contribution is -2.32. The minimum absolute atomic E-state index is 0.125. The van der Waals surface area contributed by atoms with Crippen molar-refractivity contribution < 1.29 is 22.9 Å². The van der Waals surface area contributed by atoms with Crippen LogP contribution in [0.15, 0.2) is 36.5 Å². The van der Waals surface area contributed by atoms with Gasteiger partial charge in [-0.1, -0.05) is 17.7 Å². The van der Waals surface area contributed by atoms with Crippen molar-refractivity contribution in [2.24, 2.45) is 0 Å². The Morgan fingerprint density at radius 3 is 2.71 bits per heavy atom. The Kier molecular flexibility index (Phi) is 5.41. The van der Waals surface area contributed by atoms with Gasteiger partial charge in [0.15, 0.2) is 0 Å². The summed E-state index contributed by atoms with van der Waals surface area (Å²) in [5, 5.41) is 13.4. The van der Waals surface area contributed by atoms with Crippen LogP contribution in [0.1, 0.15) is 22.5 Å². The number of halogens is 4. The van der Waals surface area contributed by atoms with Gasteiger partial charge in [0.05, 0.1) is 15.5 Å². The van der Waals surface area contributed by atoms with Crippen molar-refractivity contribution in [2.75, 3.05) is 18.4 Å². The number of nitrogens with zero attached hydrogens (tertiary/aromatic N) is 3. The van der Waals surface area contributed by atoms with Crippen molar-refractivity contribution in [1.82, 2.24) is 9.88 Å². The SMILES string of the molecule is O=C(c1ccccn1)N1CCC(Nc2cc(Cl)c(C(F)(F)F)cc2[N+](=O)[O-])C1. The van der Waals surface area contributed by atoms with Gasteiger partial charge in [-0.3, -0.25) is 19.9 Å². The number of rotatable bonds is 4. The summed E-state index contributed by atoms with van der Waals surface area (Å²) >= 11 is 5.68. The van der Waals surface area contributed by atoms with Gasteiger partial charge in [0.1, 0.15) is 11.4 Å². The van der Waals surface area contributed by atoms with E-state index in [0.29, 0.717) is 19.0 Å². The minimum Gasteiger partial charge on any atom is -0.375 e. The van der Waals surface area contributed by atoms with E-state index in [2.05, 4.69) is 10.3 Å². The van der Waals surface area contributed by atoms with Crippen LogP contribution < -0.4 is 5.32 Å². The average Bonchev–Trinajstić information content (AvgIpc) is 3.09. The largest absolute Gasteiger partial charge is 0.418 e. The minimum atomic E-state index is -4.81. The Morgan fingerprint density at radius 2 is 2.11 bits per heavy atom. The van der Waals surface area contributed by atoms with Crippen molar-refractivity contribution in [1.29, 1.82) is 0 Å². The van der Waals surface area contributed by atoms with Crippen molar-refractivity contribution >= 4 is 28.9 Å². The highest BCUT2D eigenvalue weighted by Gasteiger charge is 2.37. The lowest BCUT2D eigenvalue weighted by Gasteiger charge is -2.18. The van der Waals surface area contributed by atoms with Gasteiger partial charge >= 0.3 is 6.18 Å². The number of nitro benzene ring substituents is 1. The first-order chi connectivity index (χ1) is 13.2. The Morgan fingerprint density at radius 1 is 1.36 bits per heavy atom. The molecule has 2 aromatic rings. The molecule has 1 unspecified atom stereocenters.